The molecule has 0 bridgehead atoms. The smallest absolute Gasteiger partial charge is 0.424 e. The largest absolute Gasteiger partial charge is 0.480 e. The Balaban J connectivity index is 1.66. The third-order valence-electron chi connectivity index (χ3n) is 6.59. The Morgan fingerprint density at radius 1 is 0.946 bits per heavy atom. The molecule has 0 radical (unpaired) electrons. The summed E-state index contributed by atoms with van der Waals surface area (Å²) in [6.45, 7) is 1.98. The predicted octanol–water partition coefficient (Wildman–Crippen LogP) is 4.52. The predicted molar refractivity (Wildman–Crippen MR) is 140 cm³/mol. The molecule has 37 heavy (non-hydrogen) atoms. The van der Waals surface area contributed by atoms with Gasteiger partial charge in [0.25, 0.3) is 10.0 Å². The Morgan fingerprint density at radius 2 is 1.51 bits per heavy atom. The summed E-state index contributed by atoms with van der Waals surface area (Å²) in [4.78, 5) is 25.5. The van der Waals surface area contributed by atoms with Crippen LogP contribution in [0, 0.1) is 6.92 Å². The lowest BCUT2D eigenvalue weighted by molar-refractivity contribution is -0.141. The van der Waals surface area contributed by atoms with Gasteiger partial charge in [0.2, 0.25) is 0 Å². The highest BCUT2D eigenvalue weighted by atomic mass is 32.2. The molecule has 0 saturated heterocycles. The molecule has 4 rings (SSSR count). The zero-order valence-electron chi connectivity index (χ0n) is 20.5. The van der Waals surface area contributed by atoms with Crippen molar-refractivity contribution in [3.63, 3.8) is 0 Å². The van der Waals surface area contributed by atoms with Crippen LogP contribution in [0.25, 0.3) is 11.1 Å². The van der Waals surface area contributed by atoms with Crippen LogP contribution in [-0.2, 0) is 19.6 Å². The molecule has 1 amide bonds. The molecular weight excluding hydrogens is 492 g/mol. The molecule has 3 N–H and O–H groups in total. The van der Waals surface area contributed by atoms with E-state index in [0.717, 1.165) is 27.8 Å². The standard InChI is InChI=1S/C28H30N2O6S/c1-19-13-15-20(16-14-19)37(34,35)30(26(27(31)32)12-6-7-17-29)28(33)36-18-25-23-10-4-2-8-21(23)22-9-3-5-11-24(22)25/h2-5,8-11,13-16,25-26H,6-7,12,17-18,29H2,1H3,(H,31,32)/t26-/m0/s1. The van der Waals surface area contributed by atoms with Gasteiger partial charge in [-0.15, -0.1) is 0 Å². The number of nitrogens with two attached hydrogens (primary N) is 1. The van der Waals surface area contributed by atoms with Crippen molar-refractivity contribution in [2.75, 3.05) is 13.2 Å². The zero-order valence-corrected chi connectivity index (χ0v) is 21.4. The van der Waals surface area contributed by atoms with E-state index in [4.69, 9.17) is 10.5 Å². The van der Waals surface area contributed by atoms with E-state index in [9.17, 15) is 23.1 Å². The van der Waals surface area contributed by atoms with Gasteiger partial charge in [0.05, 0.1) is 4.90 Å². The molecule has 1 aliphatic rings. The van der Waals surface area contributed by atoms with Gasteiger partial charge < -0.3 is 15.6 Å². The minimum Gasteiger partial charge on any atom is -0.480 e. The first kappa shape index (κ1) is 26.4. The van der Waals surface area contributed by atoms with Gasteiger partial charge in [-0.3, -0.25) is 0 Å². The second kappa shape index (κ2) is 11.1. The molecule has 0 saturated carbocycles. The number of carboxylic acids is 1. The maximum absolute atomic E-state index is 13.6. The molecule has 0 unspecified atom stereocenters. The van der Waals surface area contributed by atoms with Crippen LogP contribution in [0.15, 0.2) is 77.7 Å². The highest BCUT2D eigenvalue weighted by molar-refractivity contribution is 7.89. The monoisotopic (exact) mass is 522 g/mol. The second-order valence-corrected chi connectivity index (χ2v) is 10.9. The number of rotatable bonds is 10. The van der Waals surface area contributed by atoms with Crippen molar-refractivity contribution in [2.45, 2.75) is 43.0 Å². The Kier molecular flexibility index (Phi) is 7.94. The molecule has 0 aliphatic heterocycles. The first-order valence-corrected chi connectivity index (χ1v) is 13.6. The number of aliphatic carboxylic acids is 1. The minimum absolute atomic E-state index is 0.0815. The second-order valence-electron chi connectivity index (χ2n) is 9.06. The first-order valence-electron chi connectivity index (χ1n) is 12.1. The molecule has 3 aromatic carbocycles. The lowest BCUT2D eigenvalue weighted by atomic mass is 9.98. The van der Waals surface area contributed by atoms with Crippen molar-refractivity contribution < 1.29 is 27.9 Å². The fourth-order valence-corrected chi connectivity index (χ4v) is 6.18. The molecule has 1 atom stereocenters. The van der Waals surface area contributed by atoms with Crippen LogP contribution >= 0.6 is 0 Å². The third kappa shape index (κ3) is 5.38. The Bertz CT molecular complexity index is 1340. The summed E-state index contributed by atoms with van der Waals surface area (Å²) in [6, 6.07) is 19.8. The van der Waals surface area contributed by atoms with Crippen LogP contribution in [0.5, 0.6) is 0 Å². The summed E-state index contributed by atoms with van der Waals surface area (Å²) < 4.78 is 33.2. The highest BCUT2D eigenvalue weighted by Gasteiger charge is 2.41. The lowest BCUT2D eigenvalue weighted by Crippen LogP contribution is -2.49. The van der Waals surface area contributed by atoms with Crippen LogP contribution in [0.3, 0.4) is 0 Å². The number of hydrogen-bond donors (Lipinski definition) is 2. The van der Waals surface area contributed by atoms with Crippen LogP contribution in [0.1, 0.15) is 41.9 Å². The normalized spacial score (nSPS) is 13.5. The van der Waals surface area contributed by atoms with Crippen LogP contribution < -0.4 is 5.73 Å². The van der Waals surface area contributed by atoms with E-state index in [1.54, 1.807) is 19.1 Å². The molecule has 194 valence electrons. The Morgan fingerprint density at radius 3 is 2.05 bits per heavy atom. The summed E-state index contributed by atoms with van der Waals surface area (Å²) >= 11 is 0. The molecule has 9 heteroatoms. The number of benzene rings is 3. The number of carbonyl (C=O) groups excluding carboxylic acids is 1. The molecular formula is C28H30N2O6S. The molecule has 8 nitrogen and oxygen atoms in total. The SMILES string of the molecule is Cc1ccc(S(=O)(=O)N(C(=O)OCC2c3ccccc3-c3ccccc32)[C@@H](CCCCN)C(=O)O)cc1. The van der Waals surface area contributed by atoms with Gasteiger partial charge in [0, 0.05) is 5.92 Å². The quantitative estimate of drug-likeness (QED) is 0.375. The van der Waals surface area contributed by atoms with Gasteiger partial charge in [-0.25, -0.2) is 18.0 Å². The number of aryl methyl sites for hydroxylation is 1. The summed E-state index contributed by atoms with van der Waals surface area (Å²) in [6.07, 6.45) is -0.471. The summed E-state index contributed by atoms with van der Waals surface area (Å²) in [5, 5.41) is 9.94. The first-order chi connectivity index (χ1) is 17.8. The number of sulfonamides is 1. The van der Waals surface area contributed by atoms with Crippen molar-refractivity contribution >= 4 is 22.1 Å². The maximum atomic E-state index is 13.6. The van der Waals surface area contributed by atoms with Gasteiger partial charge in [0.15, 0.2) is 0 Å². The Hall–Kier alpha value is -3.69. The van der Waals surface area contributed by atoms with Gasteiger partial charge in [-0.1, -0.05) is 66.2 Å². The maximum Gasteiger partial charge on any atom is 0.424 e. The fraction of sp³-hybridized carbons (Fsp3) is 0.286. The van der Waals surface area contributed by atoms with Crippen molar-refractivity contribution in [3.8, 4) is 11.1 Å². The summed E-state index contributed by atoms with van der Waals surface area (Å²) in [5.41, 5.74) is 10.3. The van der Waals surface area contributed by atoms with Crippen LogP contribution in [-0.4, -0.2) is 49.1 Å². The van der Waals surface area contributed by atoms with Gasteiger partial charge in [-0.2, -0.15) is 4.31 Å². The van der Waals surface area contributed by atoms with Gasteiger partial charge in [0.1, 0.15) is 12.6 Å². The number of carbonyl (C=O) groups is 2. The van der Waals surface area contributed by atoms with Gasteiger partial charge in [-0.05, 0) is 67.1 Å². The number of nitrogens with zero attached hydrogens (tertiary/aromatic N) is 1. The average molecular weight is 523 g/mol. The van der Waals surface area contributed by atoms with Crippen molar-refractivity contribution in [3.05, 3.63) is 89.5 Å². The summed E-state index contributed by atoms with van der Waals surface area (Å²) in [7, 11) is -4.52. The number of ether oxygens (including phenoxy) is 1. The van der Waals surface area contributed by atoms with E-state index in [2.05, 4.69) is 0 Å². The zero-order chi connectivity index (χ0) is 26.6. The van der Waals surface area contributed by atoms with Crippen molar-refractivity contribution in [1.82, 2.24) is 4.31 Å². The molecule has 0 spiro atoms. The number of unbranched alkanes of at least 4 members (excludes halogenated alkanes) is 1. The molecule has 0 aromatic heterocycles. The number of carboxylic acid groups (broad SMARTS) is 1. The van der Waals surface area contributed by atoms with Crippen LogP contribution in [0.2, 0.25) is 0 Å². The van der Waals surface area contributed by atoms with E-state index < -0.39 is 28.1 Å². The van der Waals surface area contributed by atoms with Crippen LogP contribution in [0.4, 0.5) is 4.79 Å². The van der Waals surface area contributed by atoms with E-state index in [-0.39, 0.29) is 23.8 Å². The number of amides is 1. The average Bonchev–Trinajstić information content (AvgIpc) is 3.20. The van der Waals surface area contributed by atoms with Crippen molar-refractivity contribution in [2.24, 2.45) is 5.73 Å². The third-order valence-corrected chi connectivity index (χ3v) is 8.38. The van der Waals surface area contributed by atoms with E-state index in [1.807, 2.05) is 48.5 Å². The molecule has 0 heterocycles. The molecule has 1 aliphatic carbocycles. The van der Waals surface area contributed by atoms with E-state index >= 15 is 0 Å². The lowest BCUT2D eigenvalue weighted by Gasteiger charge is -2.28. The van der Waals surface area contributed by atoms with Crippen molar-refractivity contribution in [1.29, 1.82) is 0 Å². The Labute approximate surface area is 216 Å². The number of fused-ring (bicyclic) bond motifs is 3. The van der Waals surface area contributed by atoms with Gasteiger partial charge >= 0.3 is 12.1 Å². The highest BCUT2D eigenvalue weighted by Crippen LogP contribution is 2.44. The molecule has 0 fully saturated rings. The fourth-order valence-electron chi connectivity index (χ4n) is 4.70. The van der Waals surface area contributed by atoms with E-state index in [1.165, 1.54) is 12.1 Å². The molecule has 3 aromatic rings. The summed E-state index contributed by atoms with van der Waals surface area (Å²) in [5.74, 6) is -1.73. The minimum atomic E-state index is -4.52. The topological polar surface area (TPSA) is 127 Å². The number of hydrogen-bond acceptors (Lipinski definition) is 6. The van der Waals surface area contributed by atoms with E-state index in [0.29, 0.717) is 23.7 Å².